The highest BCUT2D eigenvalue weighted by Crippen LogP contribution is 2.34. The maximum Gasteiger partial charge on any atom is 0.435 e. The molecule has 1 aliphatic carbocycles. The number of hydrogen-bond acceptors (Lipinski definition) is 5. The van der Waals surface area contributed by atoms with Gasteiger partial charge in [-0.25, -0.2) is 9.67 Å². The summed E-state index contributed by atoms with van der Waals surface area (Å²) in [6, 6.07) is 8.28. The zero-order valence-electron chi connectivity index (χ0n) is 19.6. The molecule has 1 N–H and O–H groups in total. The summed E-state index contributed by atoms with van der Waals surface area (Å²) in [7, 11) is 0. The van der Waals surface area contributed by atoms with E-state index in [0.29, 0.717) is 24.4 Å². The van der Waals surface area contributed by atoms with E-state index in [0.717, 1.165) is 34.4 Å². The molecule has 2 aromatic heterocycles. The largest absolute Gasteiger partial charge is 0.435 e. The van der Waals surface area contributed by atoms with E-state index >= 15 is 0 Å². The van der Waals surface area contributed by atoms with Gasteiger partial charge in [-0.2, -0.15) is 18.3 Å². The van der Waals surface area contributed by atoms with Crippen molar-refractivity contribution in [3.05, 3.63) is 63.4 Å². The number of ketones is 1. The minimum Gasteiger partial charge on any atom is -0.352 e. The van der Waals surface area contributed by atoms with Gasteiger partial charge in [0.25, 0.3) is 5.91 Å². The van der Waals surface area contributed by atoms with Crippen molar-refractivity contribution >= 4 is 23.0 Å². The van der Waals surface area contributed by atoms with Gasteiger partial charge in [-0.3, -0.25) is 9.59 Å². The van der Waals surface area contributed by atoms with Gasteiger partial charge >= 0.3 is 6.18 Å². The van der Waals surface area contributed by atoms with E-state index in [4.69, 9.17) is 0 Å². The van der Waals surface area contributed by atoms with Crippen LogP contribution in [0.4, 0.5) is 13.2 Å². The molecule has 1 aliphatic rings. The zero-order chi connectivity index (χ0) is 25.2. The minimum atomic E-state index is -4.77. The third-order valence-electron chi connectivity index (χ3n) is 6.04. The van der Waals surface area contributed by atoms with Crippen LogP contribution in [0.5, 0.6) is 0 Å². The second-order valence-electron chi connectivity index (χ2n) is 9.01. The molecule has 3 aromatic rings. The Morgan fingerprint density at radius 2 is 1.97 bits per heavy atom. The van der Waals surface area contributed by atoms with Crippen LogP contribution < -0.4 is 5.32 Å². The standard InChI is InChI=1S/C25H27F3N4O2S/c1-15(2)24-30-19-11-10-16(13-21(19)35-24)20(33)9-6-12-29-23(34)18-14-32(17-7-4-3-5-8-17)31-22(18)25(26,27)28/h3-5,7-8,14-16H,6,9-13H2,1-2H3,(H,29,34). The van der Waals surface area contributed by atoms with Gasteiger partial charge in [-0.15, -0.1) is 11.3 Å². The lowest BCUT2D eigenvalue weighted by molar-refractivity contribution is -0.141. The van der Waals surface area contributed by atoms with Gasteiger partial charge in [0.2, 0.25) is 0 Å². The number of Topliss-reactive ketones (excluding diaryl/α,β-unsaturated/α-hetero) is 1. The molecule has 0 saturated carbocycles. The summed E-state index contributed by atoms with van der Waals surface area (Å²) in [5.74, 6) is -0.446. The summed E-state index contributed by atoms with van der Waals surface area (Å²) in [5.41, 5.74) is -0.261. The molecule has 1 aromatic carbocycles. The Morgan fingerprint density at radius 3 is 2.66 bits per heavy atom. The van der Waals surface area contributed by atoms with Crippen molar-refractivity contribution in [2.45, 2.75) is 58.0 Å². The Hall–Kier alpha value is -3.01. The molecule has 0 radical (unpaired) electrons. The van der Waals surface area contributed by atoms with Gasteiger partial charge in [-0.05, 0) is 37.8 Å². The zero-order valence-corrected chi connectivity index (χ0v) is 20.4. The number of fused-ring (bicyclic) bond motifs is 1. The number of aryl methyl sites for hydroxylation is 1. The number of amides is 1. The number of nitrogens with one attached hydrogen (secondary N) is 1. The molecule has 1 unspecified atom stereocenters. The van der Waals surface area contributed by atoms with E-state index in [1.807, 2.05) is 0 Å². The number of carbonyl (C=O) groups excluding carboxylic acids is 2. The second-order valence-corrected chi connectivity index (χ2v) is 10.1. The smallest absolute Gasteiger partial charge is 0.352 e. The van der Waals surface area contributed by atoms with Crippen LogP contribution in [0.15, 0.2) is 36.5 Å². The summed E-state index contributed by atoms with van der Waals surface area (Å²) >= 11 is 1.68. The molecule has 0 fully saturated rings. The van der Waals surface area contributed by atoms with Gasteiger partial charge in [0.05, 0.1) is 22.0 Å². The lowest BCUT2D eigenvalue weighted by Crippen LogP contribution is -2.28. The highest BCUT2D eigenvalue weighted by atomic mass is 32.1. The van der Waals surface area contributed by atoms with E-state index in [1.54, 1.807) is 41.7 Å². The molecule has 1 amide bonds. The molecule has 1 atom stereocenters. The van der Waals surface area contributed by atoms with Crippen LogP contribution in [0.1, 0.15) is 70.7 Å². The maximum absolute atomic E-state index is 13.5. The molecule has 0 saturated heterocycles. The number of alkyl halides is 3. The van der Waals surface area contributed by atoms with Gasteiger partial charge in [0.15, 0.2) is 5.69 Å². The van der Waals surface area contributed by atoms with Crippen LogP contribution in [0.25, 0.3) is 5.69 Å². The highest BCUT2D eigenvalue weighted by Gasteiger charge is 2.39. The van der Waals surface area contributed by atoms with E-state index in [9.17, 15) is 22.8 Å². The molecule has 186 valence electrons. The summed E-state index contributed by atoms with van der Waals surface area (Å²) in [4.78, 5) is 31.1. The van der Waals surface area contributed by atoms with Crippen LogP contribution in [-0.2, 0) is 23.8 Å². The van der Waals surface area contributed by atoms with Gasteiger partial charge in [0.1, 0.15) is 5.78 Å². The Morgan fingerprint density at radius 1 is 1.23 bits per heavy atom. The van der Waals surface area contributed by atoms with Crippen LogP contribution in [-0.4, -0.2) is 33.0 Å². The summed E-state index contributed by atoms with van der Waals surface area (Å²) in [5, 5.41) is 7.20. The van der Waals surface area contributed by atoms with Crippen LogP contribution >= 0.6 is 11.3 Å². The normalized spacial score (nSPS) is 15.8. The topological polar surface area (TPSA) is 76.9 Å². The molecule has 2 heterocycles. The molecule has 0 spiro atoms. The molecular formula is C25H27F3N4O2S. The Balaban J connectivity index is 1.32. The monoisotopic (exact) mass is 504 g/mol. The number of hydrogen-bond donors (Lipinski definition) is 1. The van der Waals surface area contributed by atoms with E-state index < -0.39 is 23.3 Å². The molecule has 35 heavy (non-hydrogen) atoms. The third-order valence-corrected chi connectivity index (χ3v) is 7.46. The number of halogens is 3. The number of aromatic nitrogens is 3. The van der Waals surface area contributed by atoms with Crippen molar-refractivity contribution < 1.29 is 22.8 Å². The molecule has 0 aliphatic heterocycles. The predicted octanol–water partition coefficient (Wildman–Crippen LogP) is 5.36. The minimum absolute atomic E-state index is 0.0698. The van der Waals surface area contributed by atoms with Crippen LogP contribution in [0.2, 0.25) is 0 Å². The molecule has 10 heteroatoms. The van der Waals surface area contributed by atoms with Crippen molar-refractivity contribution in [3.63, 3.8) is 0 Å². The highest BCUT2D eigenvalue weighted by molar-refractivity contribution is 7.11. The van der Waals surface area contributed by atoms with Crippen molar-refractivity contribution in [1.29, 1.82) is 0 Å². The quantitative estimate of drug-likeness (QED) is 0.419. The number of benzene rings is 1. The predicted molar refractivity (Wildman–Crippen MR) is 127 cm³/mol. The van der Waals surface area contributed by atoms with E-state index in [1.165, 1.54) is 4.88 Å². The Kier molecular flexibility index (Phi) is 7.39. The van der Waals surface area contributed by atoms with Crippen molar-refractivity contribution in [3.8, 4) is 5.69 Å². The van der Waals surface area contributed by atoms with Crippen molar-refractivity contribution in [2.75, 3.05) is 6.54 Å². The fraction of sp³-hybridized carbons (Fsp3) is 0.440. The first-order valence-corrected chi connectivity index (χ1v) is 12.5. The van der Waals surface area contributed by atoms with Crippen molar-refractivity contribution in [1.82, 2.24) is 20.1 Å². The Bertz CT molecular complexity index is 1200. The van der Waals surface area contributed by atoms with E-state index in [-0.39, 0.29) is 24.7 Å². The number of rotatable bonds is 8. The lowest BCUT2D eigenvalue weighted by atomic mass is 9.86. The summed E-state index contributed by atoms with van der Waals surface area (Å²) in [6.07, 6.45) is -0.816. The van der Waals surface area contributed by atoms with Crippen molar-refractivity contribution in [2.24, 2.45) is 5.92 Å². The Labute approximate surface area is 205 Å². The summed E-state index contributed by atoms with van der Waals surface area (Å²) < 4.78 is 41.5. The molecule has 6 nitrogen and oxygen atoms in total. The number of nitrogens with zero attached hydrogens (tertiary/aromatic N) is 3. The van der Waals surface area contributed by atoms with E-state index in [2.05, 4.69) is 29.2 Å². The fourth-order valence-corrected chi connectivity index (χ4v) is 5.34. The fourth-order valence-electron chi connectivity index (χ4n) is 4.14. The number of para-hydroxylation sites is 1. The first kappa shape index (κ1) is 25.1. The SMILES string of the molecule is CC(C)c1nc2c(s1)CC(C(=O)CCCNC(=O)c1cn(-c3ccccc3)nc1C(F)(F)F)CC2. The van der Waals surface area contributed by atoms with Crippen LogP contribution in [0, 0.1) is 5.92 Å². The number of carbonyl (C=O) groups is 2. The molecule has 4 rings (SSSR count). The average molecular weight is 505 g/mol. The maximum atomic E-state index is 13.5. The van der Waals surface area contributed by atoms with Crippen LogP contribution in [0.3, 0.4) is 0 Å². The first-order chi connectivity index (χ1) is 16.6. The third kappa shape index (κ3) is 5.80. The summed E-state index contributed by atoms with van der Waals surface area (Å²) in [6.45, 7) is 4.31. The second kappa shape index (κ2) is 10.3. The van der Waals surface area contributed by atoms with Gasteiger partial charge in [-0.1, -0.05) is 32.0 Å². The molecule has 0 bridgehead atoms. The first-order valence-electron chi connectivity index (χ1n) is 11.6. The lowest BCUT2D eigenvalue weighted by Gasteiger charge is -2.20. The van der Waals surface area contributed by atoms with Gasteiger partial charge in [0, 0.05) is 35.9 Å². The molecular weight excluding hydrogens is 477 g/mol. The average Bonchev–Trinajstić information content (AvgIpc) is 3.47. The number of thiazole rings is 1. The van der Waals surface area contributed by atoms with Gasteiger partial charge < -0.3 is 5.32 Å².